The van der Waals surface area contributed by atoms with Crippen LogP contribution in [0.4, 0.5) is 0 Å². The van der Waals surface area contributed by atoms with Gasteiger partial charge in [0.15, 0.2) is 11.5 Å². The maximum atomic E-state index is 11.9. The van der Waals surface area contributed by atoms with E-state index < -0.39 is 12.6 Å². The van der Waals surface area contributed by atoms with Crippen LogP contribution in [-0.4, -0.2) is 48.4 Å². The van der Waals surface area contributed by atoms with E-state index in [0.717, 1.165) is 5.56 Å². The lowest BCUT2D eigenvalue weighted by Gasteiger charge is -2.21. The Morgan fingerprint density at radius 3 is 2.76 bits per heavy atom. The Labute approximate surface area is 122 Å². The Bertz CT molecular complexity index is 530. The predicted molar refractivity (Wildman–Crippen MR) is 72.1 cm³/mol. The summed E-state index contributed by atoms with van der Waals surface area (Å²) in [6, 6.07) is 5.49. The van der Waals surface area contributed by atoms with E-state index in [1.165, 1.54) is 0 Å². The number of amides is 1. The molecule has 1 aliphatic rings. The van der Waals surface area contributed by atoms with Gasteiger partial charge < -0.3 is 24.2 Å². The summed E-state index contributed by atoms with van der Waals surface area (Å²) in [6.45, 7) is 2.24. The molecule has 7 nitrogen and oxygen atoms in total. The van der Waals surface area contributed by atoms with Gasteiger partial charge in [-0.1, -0.05) is 6.07 Å². The number of hydrogen-bond donors (Lipinski definition) is 1. The highest BCUT2D eigenvalue weighted by atomic mass is 16.7. The molecule has 1 amide bonds. The van der Waals surface area contributed by atoms with Crippen molar-refractivity contribution in [2.45, 2.75) is 13.5 Å². The number of nitrogens with zero attached hydrogens (tertiary/aromatic N) is 1. The van der Waals surface area contributed by atoms with Crippen LogP contribution in [0.2, 0.25) is 0 Å². The average molecular weight is 295 g/mol. The molecule has 1 N–H and O–H groups in total. The Balaban J connectivity index is 1.92. The normalized spacial score (nSPS) is 12.2. The fourth-order valence-corrected chi connectivity index (χ4v) is 1.95. The highest BCUT2D eigenvalue weighted by molar-refractivity contribution is 5.78. The first-order valence-electron chi connectivity index (χ1n) is 6.56. The zero-order chi connectivity index (χ0) is 15.2. The van der Waals surface area contributed by atoms with Gasteiger partial charge in [0, 0.05) is 13.1 Å². The molecule has 0 bridgehead atoms. The molecule has 0 fully saturated rings. The van der Waals surface area contributed by atoms with E-state index in [1.54, 1.807) is 11.0 Å². The summed E-state index contributed by atoms with van der Waals surface area (Å²) in [5.74, 6) is 0.00841. The van der Waals surface area contributed by atoms with Gasteiger partial charge in [0.1, 0.15) is 13.2 Å². The summed E-state index contributed by atoms with van der Waals surface area (Å²) in [7, 11) is 0. The van der Waals surface area contributed by atoms with Crippen molar-refractivity contribution < 1.29 is 28.9 Å². The van der Waals surface area contributed by atoms with Crippen LogP contribution in [0.25, 0.3) is 0 Å². The number of likely N-dealkylation sites (N-methyl/N-ethyl adjacent to an activating group) is 1. The molecule has 0 saturated heterocycles. The Morgan fingerprint density at radius 2 is 2.05 bits per heavy atom. The summed E-state index contributed by atoms with van der Waals surface area (Å²) in [6.07, 6.45) is 0. The van der Waals surface area contributed by atoms with Crippen molar-refractivity contribution >= 4 is 11.9 Å². The number of rotatable bonds is 7. The highest BCUT2D eigenvalue weighted by Crippen LogP contribution is 2.32. The summed E-state index contributed by atoms with van der Waals surface area (Å²) >= 11 is 0. The van der Waals surface area contributed by atoms with E-state index in [4.69, 9.17) is 19.3 Å². The van der Waals surface area contributed by atoms with Crippen molar-refractivity contribution in [2.75, 3.05) is 26.6 Å². The summed E-state index contributed by atoms with van der Waals surface area (Å²) < 4.78 is 15.3. The maximum absolute atomic E-state index is 11.9. The number of carbonyl (C=O) groups is 2. The second kappa shape index (κ2) is 6.94. The first kappa shape index (κ1) is 15.1. The number of aliphatic carboxylic acids is 1. The standard InChI is InChI=1S/C14H17NO6/c1-2-15(13(16)7-19-8-14(17)18)6-10-3-4-11-12(5-10)21-9-20-11/h3-5H,2,6-9H2,1H3,(H,17,18). The van der Waals surface area contributed by atoms with Crippen LogP contribution in [0.5, 0.6) is 11.5 Å². The van der Waals surface area contributed by atoms with Gasteiger partial charge in [-0.05, 0) is 24.6 Å². The molecule has 1 aromatic rings. The van der Waals surface area contributed by atoms with Crippen LogP contribution in [0.15, 0.2) is 18.2 Å². The molecule has 0 unspecified atom stereocenters. The van der Waals surface area contributed by atoms with E-state index in [1.807, 2.05) is 19.1 Å². The summed E-state index contributed by atoms with van der Waals surface area (Å²) in [4.78, 5) is 23.9. The Kier molecular flexibility index (Phi) is 4.99. The minimum absolute atomic E-state index is 0.207. The molecule has 1 aromatic carbocycles. The monoisotopic (exact) mass is 295 g/mol. The van der Waals surface area contributed by atoms with Crippen molar-refractivity contribution in [3.8, 4) is 11.5 Å². The molecule has 1 heterocycles. The zero-order valence-electron chi connectivity index (χ0n) is 11.7. The molecule has 1 aliphatic heterocycles. The molecule has 2 rings (SSSR count). The lowest BCUT2D eigenvalue weighted by molar-refractivity contribution is -0.146. The van der Waals surface area contributed by atoms with Crippen LogP contribution < -0.4 is 9.47 Å². The maximum Gasteiger partial charge on any atom is 0.329 e. The van der Waals surface area contributed by atoms with Gasteiger partial charge in [-0.2, -0.15) is 0 Å². The molecule has 0 atom stereocenters. The molecule has 0 aliphatic carbocycles. The lowest BCUT2D eigenvalue weighted by Crippen LogP contribution is -2.33. The number of ether oxygens (including phenoxy) is 3. The number of carboxylic acid groups (broad SMARTS) is 1. The number of benzene rings is 1. The van der Waals surface area contributed by atoms with Crippen molar-refractivity contribution in [1.29, 1.82) is 0 Å². The minimum atomic E-state index is -1.10. The SMILES string of the molecule is CCN(Cc1ccc2c(c1)OCO2)C(=O)COCC(=O)O. The number of hydrogen-bond acceptors (Lipinski definition) is 5. The zero-order valence-corrected chi connectivity index (χ0v) is 11.7. The third-order valence-electron chi connectivity index (χ3n) is 3.00. The quantitative estimate of drug-likeness (QED) is 0.803. The molecular formula is C14H17NO6. The van der Waals surface area contributed by atoms with E-state index >= 15 is 0 Å². The summed E-state index contributed by atoms with van der Waals surface area (Å²) in [5, 5.41) is 8.47. The Morgan fingerprint density at radius 1 is 1.29 bits per heavy atom. The van der Waals surface area contributed by atoms with Gasteiger partial charge in [0.05, 0.1) is 0 Å². The molecule has 7 heteroatoms. The Hall–Kier alpha value is -2.28. The van der Waals surface area contributed by atoms with Crippen LogP contribution in [0.3, 0.4) is 0 Å². The molecule has 0 saturated carbocycles. The second-order valence-corrected chi connectivity index (χ2v) is 4.48. The second-order valence-electron chi connectivity index (χ2n) is 4.48. The van der Waals surface area contributed by atoms with Gasteiger partial charge >= 0.3 is 5.97 Å². The number of carbonyl (C=O) groups excluding carboxylic acids is 1. The predicted octanol–water partition coefficient (Wildman–Crippen LogP) is 0.865. The van der Waals surface area contributed by atoms with Crippen LogP contribution in [0, 0.1) is 0 Å². The fraction of sp³-hybridized carbons (Fsp3) is 0.429. The van der Waals surface area contributed by atoms with Crippen molar-refractivity contribution in [1.82, 2.24) is 4.90 Å². The molecule has 0 radical (unpaired) electrons. The van der Waals surface area contributed by atoms with Gasteiger partial charge in [-0.3, -0.25) is 4.79 Å². The highest BCUT2D eigenvalue weighted by Gasteiger charge is 2.17. The van der Waals surface area contributed by atoms with Gasteiger partial charge in [0.25, 0.3) is 0 Å². The van der Waals surface area contributed by atoms with Crippen LogP contribution >= 0.6 is 0 Å². The largest absolute Gasteiger partial charge is 0.480 e. The van der Waals surface area contributed by atoms with Gasteiger partial charge in [0.2, 0.25) is 12.7 Å². The van der Waals surface area contributed by atoms with E-state index in [9.17, 15) is 9.59 Å². The fourth-order valence-electron chi connectivity index (χ4n) is 1.95. The first-order chi connectivity index (χ1) is 10.1. The summed E-state index contributed by atoms with van der Waals surface area (Å²) in [5.41, 5.74) is 0.910. The minimum Gasteiger partial charge on any atom is -0.480 e. The van der Waals surface area contributed by atoms with Gasteiger partial charge in [-0.15, -0.1) is 0 Å². The topological polar surface area (TPSA) is 85.3 Å². The third kappa shape index (κ3) is 4.09. The molecule has 21 heavy (non-hydrogen) atoms. The van der Waals surface area contributed by atoms with Crippen molar-refractivity contribution in [2.24, 2.45) is 0 Å². The van der Waals surface area contributed by atoms with Crippen molar-refractivity contribution in [3.63, 3.8) is 0 Å². The smallest absolute Gasteiger partial charge is 0.329 e. The molecule has 0 aromatic heterocycles. The first-order valence-corrected chi connectivity index (χ1v) is 6.56. The van der Waals surface area contributed by atoms with Crippen LogP contribution in [0.1, 0.15) is 12.5 Å². The molecule has 114 valence electrons. The van der Waals surface area contributed by atoms with Gasteiger partial charge in [-0.25, -0.2) is 4.79 Å². The third-order valence-corrected chi connectivity index (χ3v) is 3.00. The van der Waals surface area contributed by atoms with Crippen LogP contribution in [-0.2, 0) is 20.9 Å². The van der Waals surface area contributed by atoms with Crippen molar-refractivity contribution in [3.05, 3.63) is 23.8 Å². The molecular weight excluding hydrogens is 278 g/mol. The number of fused-ring (bicyclic) bond motifs is 1. The van der Waals surface area contributed by atoms with E-state index in [0.29, 0.717) is 24.6 Å². The number of carboxylic acids is 1. The molecule has 0 spiro atoms. The van der Waals surface area contributed by atoms with E-state index in [-0.39, 0.29) is 19.3 Å². The van der Waals surface area contributed by atoms with E-state index in [2.05, 4.69) is 0 Å². The average Bonchev–Trinajstić information content (AvgIpc) is 2.91. The lowest BCUT2D eigenvalue weighted by atomic mass is 10.2.